The molecule has 0 radical (unpaired) electrons. The summed E-state index contributed by atoms with van der Waals surface area (Å²) in [5.41, 5.74) is -0.292. The van der Waals surface area contributed by atoms with Crippen LogP contribution in [0.25, 0.3) is 0 Å². The van der Waals surface area contributed by atoms with Gasteiger partial charge in [0.25, 0.3) is 0 Å². The number of carboxylic acids is 1. The van der Waals surface area contributed by atoms with Crippen molar-refractivity contribution in [2.24, 2.45) is 0 Å². The Hall–Kier alpha value is -1.65. The van der Waals surface area contributed by atoms with Gasteiger partial charge in [0.05, 0.1) is 0 Å². The van der Waals surface area contributed by atoms with Crippen LogP contribution in [0.4, 0.5) is 5.82 Å². The summed E-state index contributed by atoms with van der Waals surface area (Å²) >= 11 is 0. The number of hydrogen-bond donors (Lipinski definition) is 1. The Morgan fingerprint density at radius 1 is 1.50 bits per heavy atom. The van der Waals surface area contributed by atoms with Gasteiger partial charge in [0.2, 0.25) is 0 Å². The predicted molar refractivity (Wildman–Crippen MR) is 61.5 cm³/mol. The highest BCUT2D eigenvalue weighted by Crippen LogP contribution is 2.20. The van der Waals surface area contributed by atoms with Crippen molar-refractivity contribution in [2.75, 3.05) is 11.4 Å². The molecule has 1 heterocycles. The topological polar surface area (TPSA) is 66.3 Å². The molecule has 0 aromatic carbocycles. The number of rotatable bonds is 3. The summed E-state index contributed by atoms with van der Waals surface area (Å²) < 4.78 is 0. The molecule has 0 aliphatic carbocycles. The van der Waals surface area contributed by atoms with Crippen molar-refractivity contribution in [2.45, 2.75) is 33.2 Å². The molecule has 5 nitrogen and oxygen atoms in total. The largest absolute Gasteiger partial charge is 0.480 e. The summed E-state index contributed by atoms with van der Waals surface area (Å²) in [5.74, 6) is 0.408. The highest BCUT2D eigenvalue weighted by molar-refractivity contribution is 5.73. The summed E-state index contributed by atoms with van der Waals surface area (Å²) in [6.45, 7) is 7.57. The van der Waals surface area contributed by atoms with Gasteiger partial charge in [0.1, 0.15) is 18.2 Å². The molecule has 0 saturated carbocycles. The lowest BCUT2D eigenvalue weighted by Gasteiger charge is -2.35. The molecule has 88 valence electrons. The monoisotopic (exact) mass is 223 g/mol. The van der Waals surface area contributed by atoms with E-state index in [4.69, 9.17) is 5.11 Å². The average molecular weight is 223 g/mol. The summed E-state index contributed by atoms with van der Waals surface area (Å²) in [4.78, 5) is 20.8. The second kappa shape index (κ2) is 4.47. The maximum Gasteiger partial charge on any atom is 0.323 e. The summed E-state index contributed by atoms with van der Waals surface area (Å²) in [6.07, 6.45) is 1.64. The Kier molecular flexibility index (Phi) is 3.47. The van der Waals surface area contributed by atoms with Gasteiger partial charge in [0, 0.05) is 11.7 Å². The number of anilines is 1. The summed E-state index contributed by atoms with van der Waals surface area (Å²) in [7, 11) is 0. The zero-order valence-corrected chi connectivity index (χ0v) is 10.1. The summed E-state index contributed by atoms with van der Waals surface area (Å²) in [6, 6.07) is 1.72. The third-order valence-electron chi connectivity index (χ3n) is 2.14. The first kappa shape index (κ1) is 12.4. The number of aromatic nitrogens is 2. The zero-order chi connectivity index (χ0) is 12.3. The third-order valence-corrected chi connectivity index (χ3v) is 2.14. The van der Waals surface area contributed by atoms with Crippen molar-refractivity contribution in [3.63, 3.8) is 0 Å². The highest BCUT2D eigenvalue weighted by Gasteiger charge is 2.24. The second-order valence-corrected chi connectivity index (χ2v) is 4.61. The predicted octanol–water partition coefficient (Wildman–Crippen LogP) is 1.47. The van der Waals surface area contributed by atoms with Crippen molar-refractivity contribution in [3.05, 3.63) is 18.1 Å². The Balaban J connectivity index is 3.06. The molecular formula is C11H17N3O2. The number of carboxylic acid groups (broad SMARTS) is 1. The average Bonchev–Trinajstić information content (AvgIpc) is 2.12. The van der Waals surface area contributed by atoms with Gasteiger partial charge in [-0.15, -0.1) is 0 Å². The Morgan fingerprint density at radius 3 is 2.56 bits per heavy atom. The molecule has 1 aromatic rings. The Morgan fingerprint density at radius 2 is 2.12 bits per heavy atom. The van der Waals surface area contributed by atoms with Crippen molar-refractivity contribution < 1.29 is 9.90 Å². The molecule has 1 N–H and O–H groups in total. The van der Waals surface area contributed by atoms with Crippen LogP contribution in [0.2, 0.25) is 0 Å². The number of carbonyl (C=O) groups is 1. The lowest BCUT2D eigenvalue weighted by Crippen LogP contribution is -2.45. The van der Waals surface area contributed by atoms with Crippen LogP contribution in [-0.2, 0) is 4.79 Å². The lowest BCUT2D eigenvalue weighted by atomic mass is 10.1. The standard InChI is InChI=1S/C11H17N3O2/c1-8-12-6-5-9(13-8)14(7-10(15)16)11(2,3)4/h5-6H,7H2,1-4H3,(H,15,16). The van der Waals surface area contributed by atoms with E-state index in [9.17, 15) is 4.79 Å². The van der Waals surface area contributed by atoms with E-state index in [1.165, 1.54) is 0 Å². The van der Waals surface area contributed by atoms with Crippen LogP contribution in [0, 0.1) is 6.92 Å². The maximum atomic E-state index is 10.8. The van der Waals surface area contributed by atoms with Crippen LogP contribution >= 0.6 is 0 Å². The molecule has 0 atom stereocenters. The van der Waals surface area contributed by atoms with Crippen LogP contribution < -0.4 is 4.90 Å². The molecule has 0 saturated heterocycles. The van der Waals surface area contributed by atoms with Crippen molar-refractivity contribution in [1.29, 1.82) is 0 Å². The molecule has 0 aliphatic heterocycles. The Bertz CT molecular complexity index is 385. The van der Waals surface area contributed by atoms with E-state index in [0.717, 1.165) is 0 Å². The van der Waals surface area contributed by atoms with Gasteiger partial charge < -0.3 is 10.0 Å². The van der Waals surface area contributed by atoms with Gasteiger partial charge in [-0.2, -0.15) is 0 Å². The maximum absolute atomic E-state index is 10.8. The normalized spacial score (nSPS) is 11.2. The first-order chi connectivity index (χ1) is 7.30. The van der Waals surface area contributed by atoms with E-state index in [-0.39, 0.29) is 12.1 Å². The molecule has 1 rings (SSSR count). The van der Waals surface area contributed by atoms with Crippen LogP contribution in [-0.4, -0.2) is 33.1 Å². The number of hydrogen-bond acceptors (Lipinski definition) is 4. The van der Waals surface area contributed by atoms with Crippen molar-refractivity contribution in [1.82, 2.24) is 9.97 Å². The van der Waals surface area contributed by atoms with Crippen molar-refractivity contribution >= 4 is 11.8 Å². The van der Waals surface area contributed by atoms with E-state index in [1.54, 1.807) is 24.1 Å². The zero-order valence-electron chi connectivity index (χ0n) is 10.1. The molecule has 1 aromatic heterocycles. The van der Waals surface area contributed by atoms with Gasteiger partial charge in [-0.1, -0.05) is 0 Å². The fourth-order valence-corrected chi connectivity index (χ4v) is 1.39. The highest BCUT2D eigenvalue weighted by atomic mass is 16.4. The molecular weight excluding hydrogens is 206 g/mol. The van der Waals surface area contributed by atoms with Crippen LogP contribution in [0.15, 0.2) is 12.3 Å². The van der Waals surface area contributed by atoms with Crippen molar-refractivity contribution in [3.8, 4) is 0 Å². The van der Waals surface area contributed by atoms with Gasteiger partial charge in [0.15, 0.2) is 0 Å². The SMILES string of the molecule is Cc1nccc(N(CC(=O)O)C(C)(C)C)n1. The molecule has 0 spiro atoms. The minimum atomic E-state index is -0.869. The Labute approximate surface area is 95.1 Å². The molecule has 5 heteroatoms. The molecule has 16 heavy (non-hydrogen) atoms. The minimum Gasteiger partial charge on any atom is -0.480 e. The number of nitrogens with zero attached hydrogens (tertiary/aromatic N) is 3. The third kappa shape index (κ3) is 3.18. The quantitative estimate of drug-likeness (QED) is 0.840. The molecule has 0 unspecified atom stereocenters. The van der Waals surface area contributed by atoms with Gasteiger partial charge >= 0.3 is 5.97 Å². The van der Waals surface area contributed by atoms with E-state index in [2.05, 4.69) is 9.97 Å². The molecule has 0 bridgehead atoms. The van der Waals surface area contributed by atoms with Crippen LogP contribution in [0.1, 0.15) is 26.6 Å². The first-order valence-electron chi connectivity index (χ1n) is 5.10. The lowest BCUT2D eigenvalue weighted by molar-refractivity contribution is -0.135. The smallest absolute Gasteiger partial charge is 0.323 e. The van der Waals surface area contributed by atoms with E-state index < -0.39 is 5.97 Å². The molecule has 0 fully saturated rings. The van der Waals surface area contributed by atoms with E-state index in [0.29, 0.717) is 11.6 Å². The summed E-state index contributed by atoms with van der Waals surface area (Å²) in [5, 5.41) is 8.89. The van der Waals surface area contributed by atoms with Gasteiger partial charge in [-0.25, -0.2) is 9.97 Å². The number of aryl methyl sites for hydroxylation is 1. The van der Waals surface area contributed by atoms with Crippen LogP contribution in [0.3, 0.4) is 0 Å². The van der Waals surface area contributed by atoms with Gasteiger partial charge in [-0.3, -0.25) is 4.79 Å². The van der Waals surface area contributed by atoms with Crippen LogP contribution in [0.5, 0.6) is 0 Å². The minimum absolute atomic E-state index is 0.0695. The fraction of sp³-hybridized carbons (Fsp3) is 0.545. The molecule has 0 amide bonds. The van der Waals surface area contributed by atoms with Gasteiger partial charge in [-0.05, 0) is 33.8 Å². The van der Waals surface area contributed by atoms with E-state index >= 15 is 0 Å². The van der Waals surface area contributed by atoms with E-state index in [1.807, 2.05) is 20.8 Å². The number of aliphatic carboxylic acids is 1. The fourth-order valence-electron chi connectivity index (χ4n) is 1.39. The molecule has 0 aliphatic rings. The second-order valence-electron chi connectivity index (χ2n) is 4.61. The first-order valence-corrected chi connectivity index (χ1v) is 5.10.